The van der Waals surface area contributed by atoms with Gasteiger partial charge in [-0.15, -0.1) is 0 Å². The van der Waals surface area contributed by atoms with Gasteiger partial charge in [0.2, 0.25) is 0 Å². The van der Waals surface area contributed by atoms with E-state index in [1.165, 1.54) is 24.1 Å². The van der Waals surface area contributed by atoms with E-state index in [1.807, 2.05) is 12.3 Å². The molecule has 3 heteroatoms. The fourth-order valence-electron chi connectivity index (χ4n) is 2.16. The van der Waals surface area contributed by atoms with Gasteiger partial charge < -0.3 is 0 Å². The standard InChI is InChI=1S/C13H15N3/c1-10-5-6-12(14-9-10)13-8-11-4-2-3-7-16(11)15-13/h5-6,8-9H,2-4,7H2,1H3. The van der Waals surface area contributed by atoms with E-state index in [9.17, 15) is 0 Å². The summed E-state index contributed by atoms with van der Waals surface area (Å²) in [4.78, 5) is 4.42. The lowest BCUT2D eigenvalue weighted by atomic mass is 10.1. The minimum Gasteiger partial charge on any atom is -0.269 e. The largest absolute Gasteiger partial charge is 0.269 e. The molecular formula is C13H15N3. The molecule has 0 atom stereocenters. The Morgan fingerprint density at radius 2 is 2.12 bits per heavy atom. The van der Waals surface area contributed by atoms with E-state index in [1.54, 1.807) is 0 Å². The molecule has 0 N–H and O–H groups in total. The highest BCUT2D eigenvalue weighted by molar-refractivity contribution is 5.54. The topological polar surface area (TPSA) is 30.7 Å². The Bertz CT molecular complexity index is 473. The summed E-state index contributed by atoms with van der Waals surface area (Å²) >= 11 is 0. The summed E-state index contributed by atoms with van der Waals surface area (Å²) in [5.74, 6) is 0. The summed E-state index contributed by atoms with van der Waals surface area (Å²) in [6.45, 7) is 3.11. The smallest absolute Gasteiger partial charge is 0.111 e. The van der Waals surface area contributed by atoms with E-state index in [0.717, 1.165) is 24.4 Å². The molecule has 3 rings (SSSR count). The van der Waals surface area contributed by atoms with Gasteiger partial charge in [-0.25, -0.2) is 0 Å². The number of aromatic nitrogens is 3. The average Bonchev–Trinajstić information content (AvgIpc) is 2.73. The lowest BCUT2D eigenvalue weighted by Gasteiger charge is -2.11. The molecule has 2 aromatic rings. The fraction of sp³-hybridized carbons (Fsp3) is 0.385. The maximum atomic E-state index is 4.60. The molecule has 1 aliphatic rings. The van der Waals surface area contributed by atoms with Gasteiger partial charge in [0.1, 0.15) is 5.69 Å². The molecule has 0 aliphatic carbocycles. The number of rotatable bonds is 1. The van der Waals surface area contributed by atoms with Crippen molar-refractivity contribution in [3.8, 4) is 11.4 Å². The molecule has 16 heavy (non-hydrogen) atoms. The Balaban J connectivity index is 2.00. The van der Waals surface area contributed by atoms with Gasteiger partial charge in [0.15, 0.2) is 0 Å². The van der Waals surface area contributed by atoms with Crippen molar-refractivity contribution in [2.45, 2.75) is 32.7 Å². The van der Waals surface area contributed by atoms with Crippen molar-refractivity contribution >= 4 is 0 Å². The highest BCUT2D eigenvalue weighted by Crippen LogP contribution is 2.21. The van der Waals surface area contributed by atoms with Crippen LogP contribution in [-0.4, -0.2) is 14.8 Å². The van der Waals surface area contributed by atoms with E-state index in [-0.39, 0.29) is 0 Å². The molecule has 82 valence electrons. The Morgan fingerprint density at radius 1 is 1.19 bits per heavy atom. The predicted molar refractivity (Wildman–Crippen MR) is 63.1 cm³/mol. The van der Waals surface area contributed by atoms with Crippen molar-refractivity contribution in [2.24, 2.45) is 0 Å². The van der Waals surface area contributed by atoms with Crippen LogP contribution in [0.4, 0.5) is 0 Å². The van der Waals surface area contributed by atoms with Crippen molar-refractivity contribution in [3.05, 3.63) is 35.7 Å². The molecule has 0 unspecified atom stereocenters. The Labute approximate surface area is 95.1 Å². The molecule has 1 aliphatic heterocycles. The molecule has 0 radical (unpaired) electrons. The summed E-state index contributed by atoms with van der Waals surface area (Å²) in [6, 6.07) is 6.31. The van der Waals surface area contributed by atoms with Crippen molar-refractivity contribution in [1.29, 1.82) is 0 Å². The minimum atomic E-state index is 0.979. The quantitative estimate of drug-likeness (QED) is 0.729. The molecule has 0 saturated heterocycles. The summed E-state index contributed by atoms with van der Waals surface area (Å²) in [5, 5.41) is 4.60. The number of aryl methyl sites for hydroxylation is 3. The molecule has 0 bridgehead atoms. The van der Waals surface area contributed by atoms with Crippen LogP contribution in [0.15, 0.2) is 24.4 Å². The number of pyridine rings is 1. The molecule has 3 nitrogen and oxygen atoms in total. The maximum absolute atomic E-state index is 4.60. The highest BCUT2D eigenvalue weighted by Gasteiger charge is 2.13. The van der Waals surface area contributed by atoms with Crippen LogP contribution in [0.25, 0.3) is 11.4 Å². The second-order valence-electron chi connectivity index (χ2n) is 4.42. The second kappa shape index (κ2) is 3.74. The first-order valence-corrected chi connectivity index (χ1v) is 5.83. The minimum absolute atomic E-state index is 0.979. The molecular weight excluding hydrogens is 198 g/mol. The first-order chi connectivity index (χ1) is 7.83. The van der Waals surface area contributed by atoms with E-state index in [0.29, 0.717) is 0 Å². The van der Waals surface area contributed by atoms with Gasteiger partial charge in [-0.2, -0.15) is 5.10 Å². The van der Waals surface area contributed by atoms with Crippen LogP contribution in [0.3, 0.4) is 0 Å². The maximum Gasteiger partial charge on any atom is 0.111 e. The van der Waals surface area contributed by atoms with Crippen molar-refractivity contribution in [2.75, 3.05) is 0 Å². The lowest BCUT2D eigenvalue weighted by Crippen LogP contribution is -2.10. The van der Waals surface area contributed by atoms with E-state index in [2.05, 4.69) is 33.8 Å². The van der Waals surface area contributed by atoms with Crippen LogP contribution < -0.4 is 0 Å². The van der Waals surface area contributed by atoms with Gasteiger partial charge in [0, 0.05) is 18.4 Å². The van der Waals surface area contributed by atoms with E-state index in [4.69, 9.17) is 0 Å². The summed E-state index contributed by atoms with van der Waals surface area (Å²) in [5.41, 5.74) is 4.53. The van der Waals surface area contributed by atoms with Crippen LogP contribution in [0.1, 0.15) is 24.1 Å². The zero-order chi connectivity index (χ0) is 11.0. The van der Waals surface area contributed by atoms with Crippen molar-refractivity contribution in [1.82, 2.24) is 14.8 Å². The summed E-state index contributed by atoms with van der Waals surface area (Å²) in [6.07, 6.45) is 5.58. The fourth-order valence-corrected chi connectivity index (χ4v) is 2.16. The van der Waals surface area contributed by atoms with Gasteiger partial charge in [-0.1, -0.05) is 6.07 Å². The Morgan fingerprint density at radius 3 is 2.88 bits per heavy atom. The van der Waals surface area contributed by atoms with Crippen molar-refractivity contribution < 1.29 is 0 Å². The predicted octanol–water partition coefficient (Wildman–Crippen LogP) is 2.59. The van der Waals surface area contributed by atoms with Gasteiger partial charge in [0.25, 0.3) is 0 Å². The Kier molecular flexibility index (Phi) is 2.24. The highest BCUT2D eigenvalue weighted by atomic mass is 15.3. The van der Waals surface area contributed by atoms with Crippen LogP contribution in [0.5, 0.6) is 0 Å². The monoisotopic (exact) mass is 213 g/mol. The third-order valence-electron chi connectivity index (χ3n) is 3.09. The van der Waals surface area contributed by atoms with Crippen LogP contribution in [0.2, 0.25) is 0 Å². The molecule has 2 aromatic heterocycles. The third kappa shape index (κ3) is 1.62. The SMILES string of the molecule is Cc1ccc(-c2cc3n(n2)CCCC3)nc1. The average molecular weight is 213 g/mol. The molecule has 0 spiro atoms. The van der Waals surface area contributed by atoms with Crippen LogP contribution in [0, 0.1) is 6.92 Å². The van der Waals surface area contributed by atoms with Crippen LogP contribution >= 0.6 is 0 Å². The molecule has 0 fully saturated rings. The summed E-state index contributed by atoms with van der Waals surface area (Å²) in [7, 11) is 0. The number of hydrogen-bond acceptors (Lipinski definition) is 2. The zero-order valence-corrected chi connectivity index (χ0v) is 9.48. The zero-order valence-electron chi connectivity index (χ0n) is 9.48. The number of nitrogens with zero attached hydrogens (tertiary/aromatic N) is 3. The molecule has 0 aromatic carbocycles. The van der Waals surface area contributed by atoms with E-state index < -0.39 is 0 Å². The molecule has 0 amide bonds. The number of fused-ring (bicyclic) bond motifs is 1. The Hall–Kier alpha value is -1.64. The second-order valence-corrected chi connectivity index (χ2v) is 4.42. The first kappa shape index (κ1) is 9.58. The van der Waals surface area contributed by atoms with E-state index >= 15 is 0 Å². The van der Waals surface area contributed by atoms with Gasteiger partial charge in [-0.3, -0.25) is 9.67 Å². The molecule has 0 saturated carbocycles. The normalized spacial score (nSPS) is 14.8. The van der Waals surface area contributed by atoms with Gasteiger partial charge in [0.05, 0.1) is 5.69 Å². The first-order valence-electron chi connectivity index (χ1n) is 5.83. The van der Waals surface area contributed by atoms with Gasteiger partial charge in [-0.05, 0) is 43.9 Å². The van der Waals surface area contributed by atoms with Gasteiger partial charge >= 0.3 is 0 Å². The summed E-state index contributed by atoms with van der Waals surface area (Å²) < 4.78 is 2.13. The third-order valence-corrected chi connectivity index (χ3v) is 3.09. The van der Waals surface area contributed by atoms with Crippen molar-refractivity contribution in [3.63, 3.8) is 0 Å². The lowest BCUT2D eigenvalue weighted by molar-refractivity contribution is 0.487. The number of hydrogen-bond donors (Lipinski definition) is 0. The molecule has 3 heterocycles. The van der Waals surface area contributed by atoms with Crippen LogP contribution in [-0.2, 0) is 13.0 Å².